The number of hydrogen-bond acceptors (Lipinski definition) is 2. The van der Waals surface area contributed by atoms with E-state index in [1.807, 2.05) is 31.2 Å². The minimum absolute atomic E-state index is 0.172. The van der Waals surface area contributed by atoms with Crippen LogP contribution in [0.3, 0.4) is 0 Å². The summed E-state index contributed by atoms with van der Waals surface area (Å²) >= 11 is 0. The highest BCUT2D eigenvalue weighted by Crippen LogP contribution is 2.09. The molecular weight excluding hydrogens is 243 g/mol. The number of halogens is 1. The molecule has 0 aliphatic carbocycles. The molecule has 19 heavy (non-hydrogen) atoms. The second kappa shape index (κ2) is 5.61. The van der Waals surface area contributed by atoms with Gasteiger partial charge in [0.1, 0.15) is 0 Å². The van der Waals surface area contributed by atoms with E-state index in [0.717, 1.165) is 11.1 Å². The van der Waals surface area contributed by atoms with Crippen LogP contribution in [-0.2, 0) is 6.54 Å². The van der Waals surface area contributed by atoms with Crippen molar-refractivity contribution in [3.8, 4) is 0 Å². The number of aromatic nitrogens is 1. The molecule has 0 aliphatic heterocycles. The number of carbonyl (C=O) groups excluding carboxylic acids is 1. The quantitative estimate of drug-likeness (QED) is 0.793. The lowest BCUT2D eigenvalue weighted by Gasteiger charge is -2.17. The Morgan fingerprint density at radius 3 is 2.74 bits per heavy atom. The van der Waals surface area contributed by atoms with E-state index in [2.05, 4.69) is 4.98 Å². The van der Waals surface area contributed by atoms with Crippen LogP contribution in [0.5, 0.6) is 0 Å². The zero-order chi connectivity index (χ0) is 13.8. The molecule has 0 spiro atoms. The third kappa shape index (κ3) is 3.37. The van der Waals surface area contributed by atoms with Crippen LogP contribution >= 0.6 is 0 Å². The Labute approximate surface area is 111 Å². The van der Waals surface area contributed by atoms with Gasteiger partial charge in [0.25, 0.3) is 5.91 Å². The predicted molar refractivity (Wildman–Crippen MR) is 71.2 cm³/mol. The zero-order valence-corrected chi connectivity index (χ0v) is 10.9. The molecule has 0 N–H and O–H groups in total. The zero-order valence-electron chi connectivity index (χ0n) is 10.9. The number of aryl methyl sites for hydroxylation is 1. The largest absolute Gasteiger partial charge is 0.337 e. The third-order valence-electron chi connectivity index (χ3n) is 2.82. The van der Waals surface area contributed by atoms with Gasteiger partial charge in [0.15, 0.2) is 0 Å². The molecule has 0 fully saturated rings. The molecule has 0 unspecified atom stereocenters. The van der Waals surface area contributed by atoms with E-state index in [0.29, 0.717) is 12.1 Å². The van der Waals surface area contributed by atoms with Crippen molar-refractivity contribution in [3.63, 3.8) is 0 Å². The average molecular weight is 258 g/mol. The summed E-state index contributed by atoms with van der Waals surface area (Å²) in [6, 6.07) is 10.6. The van der Waals surface area contributed by atoms with Gasteiger partial charge in [-0.15, -0.1) is 0 Å². The molecule has 4 heteroatoms. The molecule has 0 saturated heterocycles. The molecule has 0 bridgehead atoms. The molecule has 0 atom stereocenters. The predicted octanol–water partition coefficient (Wildman–Crippen LogP) is 2.80. The van der Waals surface area contributed by atoms with E-state index in [1.165, 1.54) is 18.3 Å². The number of hydrogen-bond donors (Lipinski definition) is 0. The minimum atomic E-state index is -0.585. The lowest BCUT2D eigenvalue weighted by atomic mass is 10.1. The number of pyridine rings is 1. The first-order valence-electron chi connectivity index (χ1n) is 5.99. The van der Waals surface area contributed by atoms with E-state index in [4.69, 9.17) is 0 Å². The average Bonchev–Trinajstić information content (AvgIpc) is 2.39. The lowest BCUT2D eigenvalue weighted by Crippen LogP contribution is -2.26. The van der Waals surface area contributed by atoms with Gasteiger partial charge in [0.05, 0.1) is 5.56 Å². The number of carbonyl (C=O) groups is 1. The Morgan fingerprint density at radius 2 is 2.11 bits per heavy atom. The highest BCUT2D eigenvalue weighted by molar-refractivity contribution is 5.93. The Balaban J connectivity index is 2.09. The summed E-state index contributed by atoms with van der Waals surface area (Å²) in [7, 11) is 1.72. The van der Waals surface area contributed by atoms with Crippen molar-refractivity contribution >= 4 is 5.91 Å². The molecule has 0 aliphatic rings. The van der Waals surface area contributed by atoms with Crippen LogP contribution in [0, 0.1) is 12.9 Å². The first-order chi connectivity index (χ1) is 9.06. The summed E-state index contributed by atoms with van der Waals surface area (Å²) in [5, 5.41) is 0. The van der Waals surface area contributed by atoms with Crippen LogP contribution in [0.2, 0.25) is 0 Å². The fourth-order valence-electron chi connectivity index (χ4n) is 1.88. The molecular formula is C15H15FN2O. The molecule has 1 heterocycles. The van der Waals surface area contributed by atoms with Crippen molar-refractivity contribution in [2.24, 2.45) is 0 Å². The highest BCUT2D eigenvalue weighted by Gasteiger charge is 2.12. The Hall–Kier alpha value is -2.23. The molecule has 0 saturated carbocycles. The fourth-order valence-corrected chi connectivity index (χ4v) is 1.88. The third-order valence-corrected chi connectivity index (χ3v) is 2.82. The molecule has 3 nitrogen and oxygen atoms in total. The van der Waals surface area contributed by atoms with Crippen LogP contribution in [0.1, 0.15) is 21.5 Å². The second-order valence-corrected chi connectivity index (χ2v) is 4.52. The Bertz CT molecular complexity index is 581. The van der Waals surface area contributed by atoms with Gasteiger partial charge in [-0.1, -0.05) is 29.8 Å². The summed E-state index contributed by atoms with van der Waals surface area (Å²) in [4.78, 5) is 17.2. The normalized spacial score (nSPS) is 10.3. The van der Waals surface area contributed by atoms with Gasteiger partial charge in [-0.3, -0.25) is 4.79 Å². The summed E-state index contributed by atoms with van der Waals surface area (Å²) in [6.45, 7) is 2.52. The topological polar surface area (TPSA) is 33.2 Å². The summed E-state index contributed by atoms with van der Waals surface area (Å²) in [6.07, 6.45) is 1.25. The first-order valence-corrected chi connectivity index (χ1v) is 5.99. The number of nitrogens with zero attached hydrogens (tertiary/aromatic N) is 2. The van der Waals surface area contributed by atoms with E-state index < -0.39 is 5.95 Å². The number of rotatable bonds is 3. The van der Waals surface area contributed by atoms with Crippen molar-refractivity contribution in [1.82, 2.24) is 9.88 Å². The lowest BCUT2D eigenvalue weighted by molar-refractivity contribution is 0.0784. The maximum Gasteiger partial charge on any atom is 0.255 e. The molecule has 1 aromatic carbocycles. The maximum atomic E-state index is 12.7. The van der Waals surface area contributed by atoms with E-state index in [9.17, 15) is 9.18 Å². The van der Waals surface area contributed by atoms with Gasteiger partial charge in [-0.05, 0) is 24.6 Å². The smallest absolute Gasteiger partial charge is 0.255 e. The first kappa shape index (κ1) is 13.2. The SMILES string of the molecule is Cc1cccc(CN(C)C(=O)c2ccc(F)nc2)c1. The van der Waals surface area contributed by atoms with Gasteiger partial charge >= 0.3 is 0 Å². The molecule has 1 aromatic heterocycles. The summed E-state index contributed by atoms with van der Waals surface area (Å²) in [5.41, 5.74) is 2.60. The minimum Gasteiger partial charge on any atom is -0.337 e. The van der Waals surface area contributed by atoms with Crippen molar-refractivity contribution in [2.75, 3.05) is 7.05 Å². The van der Waals surface area contributed by atoms with Crippen LogP contribution in [0.15, 0.2) is 42.6 Å². The van der Waals surface area contributed by atoms with Crippen molar-refractivity contribution in [1.29, 1.82) is 0 Å². The monoisotopic (exact) mass is 258 g/mol. The van der Waals surface area contributed by atoms with Crippen LogP contribution in [0.4, 0.5) is 4.39 Å². The van der Waals surface area contributed by atoms with E-state index in [1.54, 1.807) is 11.9 Å². The number of amides is 1. The van der Waals surface area contributed by atoms with Gasteiger partial charge in [0, 0.05) is 19.8 Å². The fraction of sp³-hybridized carbons (Fsp3) is 0.200. The summed E-state index contributed by atoms with van der Waals surface area (Å²) in [5.74, 6) is -0.758. The highest BCUT2D eigenvalue weighted by atomic mass is 19.1. The van der Waals surface area contributed by atoms with Gasteiger partial charge in [-0.2, -0.15) is 4.39 Å². The van der Waals surface area contributed by atoms with Gasteiger partial charge in [-0.25, -0.2) is 4.98 Å². The van der Waals surface area contributed by atoms with Gasteiger partial charge < -0.3 is 4.90 Å². The Kier molecular flexibility index (Phi) is 3.90. The van der Waals surface area contributed by atoms with Crippen LogP contribution < -0.4 is 0 Å². The van der Waals surface area contributed by atoms with Crippen LogP contribution in [-0.4, -0.2) is 22.8 Å². The van der Waals surface area contributed by atoms with E-state index in [-0.39, 0.29) is 5.91 Å². The van der Waals surface area contributed by atoms with Gasteiger partial charge in [0.2, 0.25) is 5.95 Å². The van der Waals surface area contributed by atoms with Crippen molar-refractivity contribution in [2.45, 2.75) is 13.5 Å². The molecule has 0 radical (unpaired) electrons. The maximum absolute atomic E-state index is 12.7. The Morgan fingerprint density at radius 1 is 1.32 bits per heavy atom. The molecule has 1 amide bonds. The number of benzene rings is 1. The summed E-state index contributed by atoms with van der Waals surface area (Å²) < 4.78 is 12.7. The standard InChI is InChI=1S/C15H15FN2O/c1-11-4-3-5-12(8-11)10-18(2)15(19)13-6-7-14(16)17-9-13/h3-9H,10H2,1-2H3. The second-order valence-electron chi connectivity index (χ2n) is 4.52. The van der Waals surface area contributed by atoms with Crippen LogP contribution in [0.25, 0.3) is 0 Å². The molecule has 98 valence electrons. The molecule has 2 aromatic rings. The molecule has 2 rings (SSSR count). The van der Waals surface area contributed by atoms with Crippen molar-refractivity contribution < 1.29 is 9.18 Å². The van der Waals surface area contributed by atoms with Crippen molar-refractivity contribution in [3.05, 3.63) is 65.2 Å². The van der Waals surface area contributed by atoms with E-state index >= 15 is 0 Å².